The van der Waals surface area contributed by atoms with Crippen LogP contribution in [0.2, 0.25) is 0 Å². The van der Waals surface area contributed by atoms with Crippen LogP contribution in [-0.2, 0) is 6.54 Å². The Kier molecular flexibility index (Phi) is 6.59. The van der Waals surface area contributed by atoms with Gasteiger partial charge in [0, 0.05) is 12.5 Å². The van der Waals surface area contributed by atoms with E-state index in [0.29, 0.717) is 17.5 Å². The lowest BCUT2D eigenvalue weighted by Gasteiger charge is -2.29. The van der Waals surface area contributed by atoms with E-state index >= 15 is 0 Å². The first-order chi connectivity index (χ1) is 10.7. The monoisotopic (exact) mass is 305 g/mol. The molecule has 4 heteroatoms. The largest absolute Gasteiger partial charge is 0.296 e. The number of carbonyl (C=O) groups excluding carboxylic acids is 1. The summed E-state index contributed by atoms with van der Waals surface area (Å²) in [6, 6.07) is 0. The summed E-state index contributed by atoms with van der Waals surface area (Å²) in [7, 11) is 0. The molecule has 1 fully saturated rings. The number of nitrogens with zero attached hydrogens (tertiary/aromatic N) is 3. The molecule has 1 saturated carbocycles. The standard InChI is InChI=1S/C18H31N3O/c1-4-5-6-15-7-9-16(10-8-15)18-17(13-22)19-20-21(18)12-11-14(2)3/h13-16H,4-12H2,1-3H3. The maximum atomic E-state index is 11.3. The fraction of sp³-hybridized carbons (Fsp3) is 0.833. The molecule has 0 bridgehead atoms. The van der Waals surface area contributed by atoms with E-state index in [4.69, 9.17) is 0 Å². The van der Waals surface area contributed by atoms with Gasteiger partial charge in [0.2, 0.25) is 0 Å². The highest BCUT2D eigenvalue weighted by Gasteiger charge is 2.27. The summed E-state index contributed by atoms with van der Waals surface area (Å²) in [6.07, 6.45) is 10.9. The summed E-state index contributed by atoms with van der Waals surface area (Å²) in [4.78, 5) is 11.3. The second-order valence-electron chi connectivity index (χ2n) is 7.24. The molecule has 0 aliphatic heterocycles. The molecule has 1 aliphatic rings. The lowest BCUT2D eigenvalue weighted by atomic mass is 9.78. The van der Waals surface area contributed by atoms with Crippen LogP contribution in [0.25, 0.3) is 0 Å². The smallest absolute Gasteiger partial charge is 0.172 e. The van der Waals surface area contributed by atoms with E-state index in [9.17, 15) is 4.79 Å². The third-order valence-electron chi connectivity index (χ3n) is 5.03. The van der Waals surface area contributed by atoms with E-state index in [0.717, 1.165) is 30.9 Å². The molecule has 1 aromatic rings. The molecular weight excluding hydrogens is 274 g/mol. The Labute approximate surface area is 134 Å². The van der Waals surface area contributed by atoms with Gasteiger partial charge in [-0.25, -0.2) is 4.68 Å². The van der Waals surface area contributed by atoms with Crippen molar-refractivity contribution in [2.75, 3.05) is 0 Å². The topological polar surface area (TPSA) is 47.8 Å². The minimum Gasteiger partial charge on any atom is -0.296 e. The summed E-state index contributed by atoms with van der Waals surface area (Å²) < 4.78 is 2.00. The molecule has 124 valence electrons. The highest BCUT2D eigenvalue weighted by molar-refractivity contribution is 5.73. The molecule has 0 atom stereocenters. The minimum atomic E-state index is 0.472. The average Bonchev–Trinajstić information content (AvgIpc) is 2.94. The molecule has 4 nitrogen and oxygen atoms in total. The van der Waals surface area contributed by atoms with E-state index < -0.39 is 0 Å². The molecule has 0 amide bonds. The Morgan fingerprint density at radius 3 is 2.59 bits per heavy atom. The molecular formula is C18H31N3O. The van der Waals surface area contributed by atoms with E-state index in [1.807, 2.05) is 4.68 Å². The maximum Gasteiger partial charge on any atom is 0.172 e. The first-order valence-electron chi connectivity index (χ1n) is 9.04. The zero-order valence-electron chi connectivity index (χ0n) is 14.4. The van der Waals surface area contributed by atoms with Crippen LogP contribution in [0, 0.1) is 11.8 Å². The number of hydrogen-bond donors (Lipinski definition) is 0. The summed E-state index contributed by atoms with van der Waals surface area (Å²) in [5.74, 6) is 2.00. The summed E-state index contributed by atoms with van der Waals surface area (Å²) >= 11 is 0. The van der Waals surface area contributed by atoms with Crippen LogP contribution in [0.5, 0.6) is 0 Å². The van der Waals surface area contributed by atoms with Gasteiger partial charge in [-0.3, -0.25) is 4.79 Å². The molecule has 2 rings (SSSR count). The lowest BCUT2D eigenvalue weighted by molar-refractivity contribution is 0.111. The van der Waals surface area contributed by atoms with Crippen LogP contribution in [0.15, 0.2) is 0 Å². The van der Waals surface area contributed by atoms with E-state index in [1.165, 1.54) is 44.9 Å². The normalized spacial score (nSPS) is 22.2. The van der Waals surface area contributed by atoms with Crippen molar-refractivity contribution < 1.29 is 4.79 Å². The van der Waals surface area contributed by atoms with Gasteiger partial charge >= 0.3 is 0 Å². The molecule has 0 radical (unpaired) electrons. The fourth-order valence-corrected chi connectivity index (χ4v) is 3.60. The predicted molar refractivity (Wildman–Crippen MR) is 89.1 cm³/mol. The van der Waals surface area contributed by atoms with Gasteiger partial charge in [-0.15, -0.1) is 5.10 Å². The number of rotatable bonds is 8. The maximum absolute atomic E-state index is 11.3. The van der Waals surface area contributed by atoms with Crippen LogP contribution in [-0.4, -0.2) is 21.3 Å². The van der Waals surface area contributed by atoms with Crippen LogP contribution >= 0.6 is 0 Å². The minimum absolute atomic E-state index is 0.472. The van der Waals surface area contributed by atoms with Crippen molar-refractivity contribution in [3.63, 3.8) is 0 Å². The van der Waals surface area contributed by atoms with Crippen molar-refractivity contribution in [3.05, 3.63) is 11.4 Å². The number of hydrogen-bond acceptors (Lipinski definition) is 3. The van der Waals surface area contributed by atoms with Gasteiger partial charge in [-0.1, -0.05) is 45.2 Å². The third-order valence-corrected chi connectivity index (χ3v) is 5.03. The summed E-state index contributed by atoms with van der Waals surface area (Å²) in [5.41, 5.74) is 1.67. The Hall–Kier alpha value is -1.19. The molecule has 0 N–H and O–H groups in total. The van der Waals surface area contributed by atoms with Crippen LogP contribution in [0.1, 0.15) is 94.2 Å². The van der Waals surface area contributed by atoms with Gasteiger partial charge in [0.25, 0.3) is 0 Å². The zero-order valence-corrected chi connectivity index (χ0v) is 14.4. The van der Waals surface area contributed by atoms with E-state index in [2.05, 4.69) is 31.1 Å². The van der Waals surface area contributed by atoms with Gasteiger partial charge in [0.15, 0.2) is 6.29 Å². The average molecular weight is 305 g/mol. The number of unbranched alkanes of at least 4 members (excludes halogenated alkanes) is 1. The Morgan fingerprint density at radius 1 is 1.27 bits per heavy atom. The van der Waals surface area contributed by atoms with Gasteiger partial charge < -0.3 is 0 Å². The van der Waals surface area contributed by atoms with Crippen molar-refractivity contribution in [2.24, 2.45) is 11.8 Å². The van der Waals surface area contributed by atoms with Crippen LogP contribution in [0.4, 0.5) is 0 Å². The SMILES string of the molecule is CCCCC1CCC(c2c(C=O)nnn2CCC(C)C)CC1. The Balaban J connectivity index is 2.02. The second kappa shape index (κ2) is 8.44. The molecule has 0 unspecified atom stereocenters. The molecule has 0 saturated heterocycles. The Morgan fingerprint density at radius 2 is 2.00 bits per heavy atom. The zero-order chi connectivity index (χ0) is 15.9. The second-order valence-corrected chi connectivity index (χ2v) is 7.24. The molecule has 1 aliphatic carbocycles. The Bertz CT molecular complexity index is 459. The van der Waals surface area contributed by atoms with E-state index in [-0.39, 0.29) is 0 Å². The summed E-state index contributed by atoms with van der Waals surface area (Å²) in [5, 5.41) is 8.34. The van der Waals surface area contributed by atoms with Crippen LogP contribution < -0.4 is 0 Å². The van der Waals surface area contributed by atoms with Crippen molar-refractivity contribution in [1.82, 2.24) is 15.0 Å². The first kappa shape index (κ1) is 17.2. The number of aromatic nitrogens is 3. The van der Waals surface area contributed by atoms with Gasteiger partial charge in [-0.05, 0) is 43.9 Å². The van der Waals surface area contributed by atoms with Gasteiger partial charge in [-0.2, -0.15) is 0 Å². The molecule has 0 aromatic carbocycles. The predicted octanol–water partition coefficient (Wildman–Crippen LogP) is 4.60. The molecule has 1 heterocycles. The van der Waals surface area contributed by atoms with Crippen molar-refractivity contribution >= 4 is 6.29 Å². The van der Waals surface area contributed by atoms with Crippen molar-refractivity contribution in [1.29, 1.82) is 0 Å². The molecule has 22 heavy (non-hydrogen) atoms. The number of carbonyl (C=O) groups is 1. The molecule has 1 aromatic heterocycles. The highest BCUT2D eigenvalue weighted by atomic mass is 16.1. The van der Waals surface area contributed by atoms with Crippen LogP contribution in [0.3, 0.4) is 0 Å². The number of aldehydes is 1. The summed E-state index contributed by atoms with van der Waals surface area (Å²) in [6.45, 7) is 7.58. The van der Waals surface area contributed by atoms with Crippen molar-refractivity contribution in [2.45, 2.75) is 84.6 Å². The number of aryl methyl sites for hydroxylation is 1. The lowest BCUT2D eigenvalue weighted by Crippen LogP contribution is -2.18. The quantitative estimate of drug-likeness (QED) is 0.659. The third kappa shape index (κ3) is 4.40. The molecule has 0 spiro atoms. The highest BCUT2D eigenvalue weighted by Crippen LogP contribution is 2.38. The fourth-order valence-electron chi connectivity index (χ4n) is 3.60. The van der Waals surface area contributed by atoms with Gasteiger partial charge in [0.05, 0.1) is 5.69 Å². The van der Waals surface area contributed by atoms with Gasteiger partial charge in [0.1, 0.15) is 5.69 Å². The van der Waals surface area contributed by atoms with Crippen molar-refractivity contribution in [3.8, 4) is 0 Å². The van der Waals surface area contributed by atoms with E-state index in [1.54, 1.807) is 0 Å². The first-order valence-corrected chi connectivity index (χ1v) is 9.04.